The Balaban J connectivity index is 1.98. The van der Waals surface area contributed by atoms with E-state index in [1.165, 1.54) is 6.20 Å². The van der Waals surface area contributed by atoms with Crippen molar-refractivity contribution in [1.29, 1.82) is 5.26 Å². The lowest BCUT2D eigenvalue weighted by Gasteiger charge is -2.07. The van der Waals surface area contributed by atoms with Crippen molar-refractivity contribution in [3.8, 4) is 6.07 Å². The molecule has 4 nitrogen and oxygen atoms in total. The van der Waals surface area contributed by atoms with E-state index in [4.69, 9.17) is 28.5 Å². The minimum atomic E-state index is -0.499. The number of hydrogen-bond acceptors (Lipinski definition) is 3. The molecular formula is C18H15Cl2N3O. The number of amides is 1. The molecule has 0 aliphatic rings. The van der Waals surface area contributed by atoms with Gasteiger partial charge in [0, 0.05) is 28.5 Å². The summed E-state index contributed by atoms with van der Waals surface area (Å²) in [6.45, 7) is 2.35. The zero-order valence-corrected chi connectivity index (χ0v) is 14.4. The van der Waals surface area contributed by atoms with Crippen LogP contribution in [0.4, 0.5) is 5.69 Å². The Morgan fingerprint density at radius 2 is 1.92 bits per heavy atom. The van der Waals surface area contributed by atoms with Crippen LogP contribution in [0.2, 0.25) is 10.0 Å². The predicted molar refractivity (Wildman–Crippen MR) is 96.8 cm³/mol. The van der Waals surface area contributed by atoms with Gasteiger partial charge in [0.05, 0.1) is 0 Å². The van der Waals surface area contributed by atoms with Gasteiger partial charge in [-0.05, 0) is 42.3 Å². The van der Waals surface area contributed by atoms with Crippen LogP contribution in [0.1, 0.15) is 11.1 Å². The van der Waals surface area contributed by atoms with E-state index >= 15 is 0 Å². The molecule has 0 spiro atoms. The number of nitriles is 1. The second kappa shape index (κ2) is 8.39. The van der Waals surface area contributed by atoms with Crippen LogP contribution in [0.5, 0.6) is 0 Å². The molecule has 0 aliphatic carbocycles. The largest absolute Gasteiger partial charge is 0.386 e. The highest BCUT2D eigenvalue weighted by Crippen LogP contribution is 2.20. The standard InChI is InChI=1S/C18H15Cl2N3O/c1-12-2-7-16(8-17(12)20)23-18(24)14(9-21)11-22-10-13-3-5-15(19)6-4-13/h2-8,11,22H,10H2,1H3,(H,23,24)/b14-11-. The Hall–Kier alpha value is -2.48. The first kappa shape index (κ1) is 17.9. The van der Waals surface area contributed by atoms with Gasteiger partial charge in [0.25, 0.3) is 5.91 Å². The zero-order valence-electron chi connectivity index (χ0n) is 12.9. The second-order valence-electron chi connectivity index (χ2n) is 5.10. The summed E-state index contributed by atoms with van der Waals surface area (Å²) in [6, 6.07) is 14.3. The van der Waals surface area contributed by atoms with Crippen molar-refractivity contribution in [2.75, 3.05) is 5.32 Å². The van der Waals surface area contributed by atoms with E-state index in [9.17, 15) is 4.79 Å². The Morgan fingerprint density at radius 3 is 2.54 bits per heavy atom. The highest BCUT2D eigenvalue weighted by atomic mass is 35.5. The van der Waals surface area contributed by atoms with E-state index in [2.05, 4.69) is 10.6 Å². The summed E-state index contributed by atoms with van der Waals surface area (Å²) >= 11 is 11.8. The van der Waals surface area contributed by atoms with Gasteiger partial charge in [-0.15, -0.1) is 0 Å². The molecule has 2 aromatic rings. The SMILES string of the molecule is Cc1ccc(NC(=O)/C(C#N)=C\NCc2ccc(Cl)cc2)cc1Cl. The molecule has 0 fully saturated rings. The molecule has 2 rings (SSSR count). The van der Waals surface area contributed by atoms with Crippen LogP contribution in [0.15, 0.2) is 54.2 Å². The minimum Gasteiger partial charge on any atom is -0.386 e. The molecule has 0 atom stereocenters. The Bertz CT molecular complexity index is 808. The fourth-order valence-corrected chi connectivity index (χ4v) is 2.20. The molecular weight excluding hydrogens is 345 g/mol. The lowest BCUT2D eigenvalue weighted by Crippen LogP contribution is -2.16. The maximum Gasteiger partial charge on any atom is 0.267 e. The van der Waals surface area contributed by atoms with E-state index in [-0.39, 0.29) is 5.57 Å². The molecule has 24 heavy (non-hydrogen) atoms. The van der Waals surface area contributed by atoms with Crippen LogP contribution in [-0.4, -0.2) is 5.91 Å². The summed E-state index contributed by atoms with van der Waals surface area (Å²) in [5.41, 5.74) is 2.41. The molecule has 0 aliphatic heterocycles. The highest BCUT2D eigenvalue weighted by Gasteiger charge is 2.09. The van der Waals surface area contributed by atoms with E-state index in [0.29, 0.717) is 22.3 Å². The van der Waals surface area contributed by atoms with Gasteiger partial charge in [-0.25, -0.2) is 0 Å². The van der Waals surface area contributed by atoms with Crippen molar-refractivity contribution in [2.24, 2.45) is 0 Å². The van der Waals surface area contributed by atoms with Gasteiger partial charge < -0.3 is 10.6 Å². The van der Waals surface area contributed by atoms with Crippen molar-refractivity contribution in [1.82, 2.24) is 5.32 Å². The second-order valence-corrected chi connectivity index (χ2v) is 5.94. The Kier molecular flexibility index (Phi) is 6.25. The maximum absolute atomic E-state index is 12.1. The van der Waals surface area contributed by atoms with Gasteiger partial charge in [-0.3, -0.25) is 4.79 Å². The highest BCUT2D eigenvalue weighted by molar-refractivity contribution is 6.31. The molecule has 2 N–H and O–H groups in total. The lowest BCUT2D eigenvalue weighted by atomic mass is 10.2. The summed E-state index contributed by atoms with van der Waals surface area (Å²) < 4.78 is 0. The van der Waals surface area contributed by atoms with E-state index in [1.807, 2.05) is 25.1 Å². The lowest BCUT2D eigenvalue weighted by molar-refractivity contribution is -0.112. The number of nitrogens with one attached hydrogen (secondary N) is 2. The van der Waals surface area contributed by atoms with Gasteiger partial charge in [-0.1, -0.05) is 41.4 Å². The predicted octanol–water partition coefficient (Wildman–Crippen LogP) is 4.44. The summed E-state index contributed by atoms with van der Waals surface area (Å²) in [5, 5.41) is 15.9. The summed E-state index contributed by atoms with van der Waals surface area (Å²) in [4.78, 5) is 12.1. The van der Waals surface area contributed by atoms with Gasteiger partial charge in [0.1, 0.15) is 11.6 Å². The summed E-state index contributed by atoms with van der Waals surface area (Å²) in [6.07, 6.45) is 1.39. The van der Waals surface area contributed by atoms with Gasteiger partial charge >= 0.3 is 0 Å². The fourth-order valence-electron chi connectivity index (χ4n) is 1.89. The van der Waals surface area contributed by atoms with Crippen molar-refractivity contribution >= 4 is 34.8 Å². The summed E-state index contributed by atoms with van der Waals surface area (Å²) in [7, 11) is 0. The monoisotopic (exact) mass is 359 g/mol. The number of nitrogens with zero attached hydrogens (tertiary/aromatic N) is 1. The molecule has 2 aromatic carbocycles. The number of halogens is 2. The Morgan fingerprint density at radius 1 is 1.21 bits per heavy atom. The molecule has 0 radical (unpaired) electrons. The quantitative estimate of drug-likeness (QED) is 0.612. The third kappa shape index (κ3) is 5.02. The molecule has 0 heterocycles. The molecule has 0 unspecified atom stereocenters. The van der Waals surface area contributed by atoms with Crippen molar-refractivity contribution in [3.05, 3.63) is 75.4 Å². The first-order valence-electron chi connectivity index (χ1n) is 7.15. The van der Waals surface area contributed by atoms with Crippen LogP contribution < -0.4 is 10.6 Å². The molecule has 122 valence electrons. The van der Waals surface area contributed by atoms with Gasteiger partial charge in [-0.2, -0.15) is 5.26 Å². The topological polar surface area (TPSA) is 64.9 Å². The number of rotatable bonds is 5. The number of aryl methyl sites for hydroxylation is 1. The molecule has 6 heteroatoms. The average Bonchev–Trinajstić information content (AvgIpc) is 2.56. The van der Waals surface area contributed by atoms with E-state index < -0.39 is 5.91 Å². The third-order valence-corrected chi connectivity index (χ3v) is 3.92. The summed E-state index contributed by atoms with van der Waals surface area (Å²) in [5.74, 6) is -0.499. The first-order valence-corrected chi connectivity index (χ1v) is 7.91. The number of benzene rings is 2. The fraction of sp³-hybridized carbons (Fsp3) is 0.111. The number of carbonyl (C=O) groups is 1. The molecule has 0 aromatic heterocycles. The maximum atomic E-state index is 12.1. The molecule has 0 saturated carbocycles. The number of anilines is 1. The normalized spacial score (nSPS) is 10.8. The number of hydrogen-bond donors (Lipinski definition) is 2. The van der Waals surface area contributed by atoms with Crippen LogP contribution in [0.25, 0.3) is 0 Å². The average molecular weight is 360 g/mol. The smallest absolute Gasteiger partial charge is 0.267 e. The van der Waals surface area contributed by atoms with E-state index in [1.54, 1.807) is 30.3 Å². The number of carbonyl (C=O) groups excluding carboxylic acids is 1. The molecule has 0 saturated heterocycles. The van der Waals surface area contributed by atoms with Crippen LogP contribution in [0, 0.1) is 18.3 Å². The van der Waals surface area contributed by atoms with Gasteiger partial charge in [0.15, 0.2) is 0 Å². The van der Waals surface area contributed by atoms with Crippen molar-refractivity contribution in [3.63, 3.8) is 0 Å². The zero-order chi connectivity index (χ0) is 17.5. The van der Waals surface area contributed by atoms with E-state index in [0.717, 1.165) is 11.1 Å². The van der Waals surface area contributed by atoms with Crippen LogP contribution >= 0.6 is 23.2 Å². The minimum absolute atomic E-state index is 0.0272. The van der Waals surface area contributed by atoms with Crippen LogP contribution in [-0.2, 0) is 11.3 Å². The third-order valence-electron chi connectivity index (χ3n) is 3.26. The molecule has 1 amide bonds. The van der Waals surface area contributed by atoms with Gasteiger partial charge in [0.2, 0.25) is 0 Å². The first-order chi connectivity index (χ1) is 11.5. The van der Waals surface area contributed by atoms with Crippen molar-refractivity contribution < 1.29 is 4.79 Å². The Labute approximate surface area is 150 Å². The molecule has 0 bridgehead atoms. The van der Waals surface area contributed by atoms with Crippen LogP contribution in [0.3, 0.4) is 0 Å². The van der Waals surface area contributed by atoms with Crippen molar-refractivity contribution in [2.45, 2.75) is 13.5 Å².